The smallest absolute Gasteiger partial charge is 0.270 e. The summed E-state index contributed by atoms with van der Waals surface area (Å²) in [6, 6.07) is 13.0. The van der Waals surface area contributed by atoms with Gasteiger partial charge in [-0.2, -0.15) is 0 Å². The van der Waals surface area contributed by atoms with Crippen LogP contribution >= 0.6 is 11.6 Å². The molecule has 3 aromatic rings. The van der Waals surface area contributed by atoms with Crippen LogP contribution in [0.25, 0.3) is 0 Å². The molecule has 2 heterocycles. The fourth-order valence-electron chi connectivity index (χ4n) is 2.58. The number of halogens is 1. The van der Waals surface area contributed by atoms with Crippen molar-refractivity contribution in [1.29, 1.82) is 0 Å². The van der Waals surface area contributed by atoms with Crippen LogP contribution in [-0.2, 0) is 6.54 Å². The monoisotopic (exact) mass is 366 g/mol. The molecule has 1 aromatic carbocycles. The van der Waals surface area contributed by atoms with Crippen molar-refractivity contribution in [2.75, 3.05) is 5.32 Å². The van der Waals surface area contributed by atoms with Gasteiger partial charge in [0.05, 0.1) is 34.8 Å². The van der Waals surface area contributed by atoms with Gasteiger partial charge in [-0.15, -0.1) is 0 Å². The Hall–Kier alpha value is -2.92. The molecule has 1 amide bonds. The normalized spacial score (nSPS) is 10.4. The second-order valence-electron chi connectivity index (χ2n) is 6.00. The molecule has 0 unspecified atom stereocenters. The fraction of sp³-hybridized carbons (Fsp3) is 0.150. The molecule has 6 heteroatoms. The zero-order chi connectivity index (χ0) is 18.5. The van der Waals surface area contributed by atoms with Crippen molar-refractivity contribution >= 4 is 28.9 Å². The number of hydrogen-bond acceptors (Lipinski definition) is 4. The van der Waals surface area contributed by atoms with Crippen LogP contribution < -0.4 is 10.6 Å². The number of benzene rings is 1. The Morgan fingerprint density at radius 2 is 1.96 bits per heavy atom. The quantitative estimate of drug-likeness (QED) is 0.701. The van der Waals surface area contributed by atoms with Crippen LogP contribution in [0.2, 0.25) is 5.02 Å². The highest BCUT2D eigenvalue weighted by atomic mass is 35.5. The van der Waals surface area contributed by atoms with E-state index in [1.807, 2.05) is 38.1 Å². The van der Waals surface area contributed by atoms with Crippen LogP contribution in [0.1, 0.15) is 27.3 Å². The molecule has 0 aliphatic rings. The van der Waals surface area contributed by atoms with E-state index in [1.165, 1.54) is 0 Å². The molecule has 0 aliphatic heterocycles. The van der Waals surface area contributed by atoms with Gasteiger partial charge in [0.15, 0.2) is 0 Å². The molecule has 26 heavy (non-hydrogen) atoms. The second kappa shape index (κ2) is 7.97. The molecule has 0 fully saturated rings. The first-order valence-corrected chi connectivity index (χ1v) is 8.58. The van der Waals surface area contributed by atoms with Gasteiger partial charge in [0, 0.05) is 6.20 Å². The summed E-state index contributed by atoms with van der Waals surface area (Å²) >= 11 is 6.31. The van der Waals surface area contributed by atoms with Gasteiger partial charge in [-0.3, -0.25) is 9.78 Å². The van der Waals surface area contributed by atoms with Crippen LogP contribution in [0.5, 0.6) is 0 Å². The minimum atomic E-state index is -0.244. The van der Waals surface area contributed by atoms with E-state index in [9.17, 15) is 4.79 Å². The van der Waals surface area contributed by atoms with E-state index >= 15 is 0 Å². The number of amides is 1. The van der Waals surface area contributed by atoms with Gasteiger partial charge in [-0.05, 0) is 55.3 Å². The Morgan fingerprint density at radius 1 is 1.12 bits per heavy atom. The summed E-state index contributed by atoms with van der Waals surface area (Å²) in [5, 5.41) is 6.71. The van der Waals surface area contributed by atoms with Crippen LogP contribution in [0.4, 0.5) is 11.4 Å². The third-order valence-corrected chi connectivity index (χ3v) is 4.15. The van der Waals surface area contributed by atoms with Crippen molar-refractivity contribution in [2.45, 2.75) is 20.4 Å². The lowest BCUT2D eigenvalue weighted by Crippen LogP contribution is -2.24. The van der Waals surface area contributed by atoms with Crippen molar-refractivity contribution in [3.8, 4) is 0 Å². The molecule has 2 aromatic heterocycles. The van der Waals surface area contributed by atoms with E-state index in [4.69, 9.17) is 11.6 Å². The van der Waals surface area contributed by atoms with Gasteiger partial charge >= 0.3 is 0 Å². The van der Waals surface area contributed by atoms with Crippen LogP contribution in [-0.4, -0.2) is 15.9 Å². The molecule has 0 spiro atoms. The Morgan fingerprint density at radius 3 is 2.62 bits per heavy atom. The molecular formula is C20H19ClN4O. The Kier molecular flexibility index (Phi) is 5.49. The lowest BCUT2D eigenvalue weighted by Gasteiger charge is -2.12. The number of rotatable bonds is 5. The number of aromatic nitrogens is 2. The van der Waals surface area contributed by atoms with Crippen molar-refractivity contribution in [2.24, 2.45) is 0 Å². The summed E-state index contributed by atoms with van der Waals surface area (Å²) in [4.78, 5) is 20.6. The topological polar surface area (TPSA) is 66.9 Å². The van der Waals surface area contributed by atoms with E-state index in [2.05, 4.69) is 26.7 Å². The van der Waals surface area contributed by atoms with Crippen molar-refractivity contribution in [1.82, 2.24) is 15.3 Å². The zero-order valence-electron chi connectivity index (χ0n) is 14.6. The number of nitrogens with one attached hydrogen (secondary N) is 2. The van der Waals surface area contributed by atoms with E-state index < -0.39 is 0 Å². The Balaban J connectivity index is 1.66. The largest absolute Gasteiger partial charge is 0.353 e. The highest BCUT2D eigenvalue weighted by Crippen LogP contribution is 2.30. The van der Waals surface area contributed by atoms with Crippen molar-refractivity contribution < 1.29 is 4.79 Å². The van der Waals surface area contributed by atoms with Crippen LogP contribution in [0, 0.1) is 13.8 Å². The fourth-order valence-corrected chi connectivity index (χ4v) is 2.95. The number of carbonyl (C=O) groups is 1. The van der Waals surface area contributed by atoms with Crippen molar-refractivity contribution in [3.05, 3.63) is 82.4 Å². The lowest BCUT2D eigenvalue weighted by molar-refractivity contribution is 0.0945. The predicted molar refractivity (Wildman–Crippen MR) is 104 cm³/mol. The average molecular weight is 367 g/mol. The molecule has 3 rings (SSSR count). The number of aryl methyl sites for hydroxylation is 2. The van der Waals surface area contributed by atoms with E-state index in [0.717, 1.165) is 28.2 Å². The molecule has 0 saturated carbocycles. The first kappa shape index (κ1) is 17.9. The highest BCUT2D eigenvalue weighted by Gasteiger charge is 2.09. The Bertz CT molecular complexity index is 888. The first-order chi connectivity index (χ1) is 12.5. The van der Waals surface area contributed by atoms with Gasteiger partial charge in [0.25, 0.3) is 5.91 Å². The zero-order valence-corrected chi connectivity index (χ0v) is 15.3. The number of carbonyl (C=O) groups excluding carboxylic acids is 1. The molecule has 0 radical (unpaired) electrons. The molecule has 0 atom stereocenters. The molecule has 0 bridgehead atoms. The molecular weight excluding hydrogens is 348 g/mol. The lowest BCUT2D eigenvalue weighted by atomic mass is 10.1. The number of pyridine rings is 2. The SMILES string of the molecule is Cc1cc(C)c(Nc2ccc(C(=O)NCc3ccccn3)nc2)c(Cl)c1. The number of anilines is 2. The highest BCUT2D eigenvalue weighted by molar-refractivity contribution is 6.33. The average Bonchev–Trinajstić information content (AvgIpc) is 2.64. The minimum absolute atomic E-state index is 0.244. The number of nitrogens with zero attached hydrogens (tertiary/aromatic N) is 2. The van der Waals surface area contributed by atoms with Crippen molar-refractivity contribution in [3.63, 3.8) is 0 Å². The summed E-state index contributed by atoms with van der Waals surface area (Å²) < 4.78 is 0. The third-order valence-electron chi connectivity index (χ3n) is 3.85. The summed E-state index contributed by atoms with van der Waals surface area (Å²) in [5.74, 6) is -0.244. The second-order valence-corrected chi connectivity index (χ2v) is 6.41. The molecule has 0 aliphatic carbocycles. The van der Waals surface area contributed by atoms with Gasteiger partial charge in [0.2, 0.25) is 0 Å². The maximum atomic E-state index is 12.2. The van der Waals surface area contributed by atoms with Crippen LogP contribution in [0.3, 0.4) is 0 Å². The molecule has 2 N–H and O–H groups in total. The molecule has 132 valence electrons. The summed E-state index contributed by atoms with van der Waals surface area (Å²) in [6.45, 7) is 4.36. The van der Waals surface area contributed by atoms with Crippen LogP contribution in [0.15, 0.2) is 54.9 Å². The number of hydrogen-bond donors (Lipinski definition) is 2. The summed E-state index contributed by atoms with van der Waals surface area (Å²) in [6.07, 6.45) is 3.31. The minimum Gasteiger partial charge on any atom is -0.353 e. The van der Waals surface area contributed by atoms with Gasteiger partial charge in [-0.1, -0.05) is 23.7 Å². The van der Waals surface area contributed by atoms with Gasteiger partial charge in [-0.25, -0.2) is 4.98 Å². The molecule has 5 nitrogen and oxygen atoms in total. The first-order valence-electron chi connectivity index (χ1n) is 8.21. The Labute approximate surface area is 157 Å². The van der Waals surface area contributed by atoms with Gasteiger partial charge in [0.1, 0.15) is 5.69 Å². The summed E-state index contributed by atoms with van der Waals surface area (Å²) in [5.41, 5.74) is 4.90. The summed E-state index contributed by atoms with van der Waals surface area (Å²) in [7, 11) is 0. The van der Waals surface area contributed by atoms with E-state index in [1.54, 1.807) is 24.5 Å². The predicted octanol–water partition coefficient (Wildman–Crippen LogP) is 4.42. The maximum absolute atomic E-state index is 12.2. The maximum Gasteiger partial charge on any atom is 0.270 e. The third kappa shape index (κ3) is 4.37. The molecule has 0 saturated heterocycles. The van der Waals surface area contributed by atoms with E-state index in [-0.39, 0.29) is 5.91 Å². The standard InChI is InChI=1S/C20H19ClN4O/c1-13-9-14(2)19(17(21)10-13)25-16-6-7-18(23-12-16)20(26)24-11-15-5-3-4-8-22-15/h3-10,12,25H,11H2,1-2H3,(H,24,26). The van der Waals surface area contributed by atoms with Gasteiger partial charge < -0.3 is 10.6 Å². The van der Waals surface area contributed by atoms with E-state index in [0.29, 0.717) is 17.3 Å².